The van der Waals surface area contributed by atoms with E-state index in [0.29, 0.717) is 24.4 Å². The Morgan fingerprint density at radius 1 is 1.03 bits per heavy atom. The van der Waals surface area contributed by atoms with Gasteiger partial charge in [-0.25, -0.2) is 4.98 Å². The van der Waals surface area contributed by atoms with Crippen LogP contribution in [0.4, 0.5) is 11.4 Å². The first-order valence-electron chi connectivity index (χ1n) is 9.48. The van der Waals surface area contributed by atoms with E-state index in [1.165, 1.54) is 11.8 Å². The molecule has 6 nitrogen and oxygen atoms in total. The summed E-state index contributed by atoms with van der Waals surface area (Å²) in [6.45, 7) is 0.630. The molecule has 152 valence electrons. The largest absolute Gasteiger partial charge is 0.399 e. The number of thiazole rings is 1. The smallest absolute Gasteiger partial charge is 0.230 e. The van der Waals surface area contributed by atoms with Gasteiger partial charge in [-0.15, -0.1) is 23.1 Å². The van der Waals surface area contributed by atoms with Crippen LogP contribution in [0.15, 0.2) is 52.9 Å². The minimum absolute atomic E-state index is 0.0119. The number of nitrogens with zero attached hydrogens (tertiary/aromatic N) is 1. The van der Waals surface area contributed by atoms with Crippen LogP contribution in [0.25, 0.3) is 10.2 Å². The van der Waals surface area contributed by atoms with Crippen LogP contribution in [-0.2, 0) is 9.59 Å². The monoisotopic (exact) mass is 428 g/mol. The molecule has 0 aliphatic rings. The first-order valence-corrected chi connectivity index (χ1v) is 11.3. The normalized spacial score (nSPS) is 10.8. The number of benzene rings is 2. The lowest BCUT2D eigenvalue weighted by Crippen LogP contribution is -2.26. The number of thioether (sulfide) groups is 1. The molecule has 0 saturated carbocycles. The van der Waals surface area contributed by atoms with Crippen LogP contribution >= 0.6 is 23.1 Å². The Morgan fingerprint density at radius 2 is 1.86 bits per heavy atom. The van der Waals surface area contributed by atoms with Gasteiger partial charge in [-0.1, -0.05) is 6.42 Å². The fourth-order valence-electron chi connectivity index (χ4n) is 2.74. The predicted octanol–water partition coefficient (Wildman–Crippen LogP) is 4.29. The van der Waals surface area contributed by atoms with E-state index in [1.54, 1.807) is 16.8 Å². The van der Waals surface area contributed by atoms with Gasteiger partial charge in [0.15, 0.2) is 0 Å². The highest BCUT2D eigenvalue weighted by Gasteiger charge is 2.05. The average Bonchev–Trinajstić information content (AvgIpc) is 3.18. The van der Waals surface area contributed by atoms with E-state index in [4.69, 9.17) is 5.73 Å². The number of anilines is 2. The van der Waals surface area contributed by atoms with Crippen molar-refractivity contribution in [2.24, 2.45) is 0 Å². The van der Waals surface area contributed by atoms with Crippen LogP contribution in [-0.4, -0.2) is 29.1 Å². The number of nitrogen functional groups attached to an aromatic ring is 1. The number of nitrogens with two attached hydrogens (primary N) is 1. The molecule has 0 atom stereocenters. The van der Waals surface area contributed by atoms with Gasteiger partial charge < -0.3 is 16.4 Å². The maximum atomic E-state index is 12.1. The molecule has 29 heavy (non-hydrogen) atoms. The summed E-state index contributed by atoms with van der Waals surface area (Å²) in [5, 5.41) is 5.85. The molecule has 0 bridgehead atoms. The zero-order valence-corrected chi connectivity index (χ0v) is 17.7. The maximum absolute atomic E-state index is 12.1. The number of hydrogen-bond acceptors (Lipinski definition) is 6. The number of rotatable bonds is 10. The molecule has 0 radical (unpaired) electrons. The fourth-order valence-corrected chi connectivity index (χ4v) is 4.18. The molecule has 4 N–H and O–H groups in total. The number of nitrogens with one attached hydrogen (secondary N) is 2. The van der Waals surface area contributed by atoms with Gasteiger partial charge in [0, 0.05) is 29.2 Å². The van der Waals surface area contributed by atoms with Crippen molar-refractivity contribution in [2.75, 3.05) is 23.3 Å². The van der Waals surface area contributed by atoms with Crippen LogP contribution < -0.4 is 16.4 Å². The predicted molar refractivity (Wildman–Crippen MR) is 121 cm³/mol. The molecular formula is C21H24N4O2S2. The van der Waals surface area contributed by atoms with Gasteiger partial charge in [0.1, 0.15) is 0 Å². The third-order valence-electron chi connectivity index (χ3n) is 4.27. The first-order chi connectivity index (χ1) is 14.1. The minimum atomic E-state index is 0.0119. The van der Waals surface area contributed by atoms with E-state index in [1.807, 2.05) is 42.5 Å². The van der Waals surface area contributed by atoms with Gasteiger partial charge in [0.05, 0.1) is 21.5 Å². The SMILES string of the molecule is Nc1ccc(SCC(=O)NCCCCCC(=O)Nc2ccc3ncsc3c2)cc1. The summed E-state index contributed by atoms with van der Waals surface area (Å²) in [4.78, 5) is 29.2. The second kappa shape index (κ2) is 10.8. The number of hydrogen-bond donors (Lipinski definition) is 3. The summed E-state index contributed by atoms with van der Waals surface area (Å²) in [5.41, 5.74) is 9.91. The Labute approximate surface area is 178 Å². The van der Waals surface area contributed by atoms with Crippen molar-refractivity contribution >= 4 is 56.5 Å². The zero-order chi connectivity index (χ0) is 20.5. The summed E-state index contributed by atoms with van der Waals surface area (Å²) in [6, 6.07) is 13.2. The Morgan fingerprint density at radius 3 is 2.69 bits per heavy atom. The van der Waals surface area contributed by atoms with Crippen LogP contribution in [0.5, 0.6) is 0 Å². The summed E-state index contributed by atoms with van der Waals surface area (Å²) in [7, 11) is 0. The quantitative estimate of drug-likeness (QED) is 0.254. The molecule has 3 aromatic rings. The Balaban J connectivity index is 1.24. The molecule has 1 heterocycles. The summed E-state index contributed by atoms with van der Waals surface area (Å²) in [6.07, 6.45) is 3.03. The second-order valence-electron chi connectivity index (χ2n) is 6.60. The molecule has 1 aromatic heterocycles. The summed E-state index contributed by atoms with van der Waals surface area (Å²) < 4.78 is 1.06. The number of fused-ring (bicyclic) bond motifs is 1. The van der Waals surface area contributed by atoms with Crippen molar-refractivity contribution in [2.45, 2.75) is 30.6 Å². The lowest BCUT2D eigenvalue weighted by atomic mass is 10.2. The topological polar surface area (TPSA) is 97.1 Å². The molecular weight excluding hydrogens is 404 g/mol. The molecule has 3 rings (SSSR count). The van der Waals surface area contributed by atoms with Crippen molar-refractivity contribution < 1.29 is 9.59 Å². The Bertz CT molecular complexity index is 957. The van der Waals surface area contributed by atoms with E-state index >= 15 is 0 Å². The van der Waals surface area contributed by atoms with Crippen molar-refractivity contribution in [3.63, 3.8) is 0 Å². The highest BCUT2D eigenvalue weighted by molar-refractivity contribution is 8.00. The number of aromatic nitrogens is 1. The lowest BCUT2D eigenvalue weighted by Gasteiger charge is -2.07. The fraction of sp³-hybridized carbons (Fsp3) is 0.286. The van der Waals surface area contributed by atoms with Crippen molar-refractivity contribution in [3.8, 4) is 0 Å². The van der Waals surface area contributed by atoms with E-state index in [2.05, 4.69) is 15.6 Å². The Kier molecular flexibility index (Phi) is 7.89. The molecule has 2 aromatic carbocycles. The highest BCUT2D eigenvalue weighted by atomic mass is 32.2. The molecule has 0 unspecified atom stereocenters. The molecule has 0 fully saturated rings. The van der Waals surface area contributed by atoms with Gasteiger partial charge in [-0.2, -0.15) is 0 Å². The molecule has 0 aliphatic heterocycles. The highest BCUT2D eigenvalue weighted by Crippen LogP contribution is 2.22. The van der Waals surface area contributed by atoms with Crippen LogP contribution in [0.1, 0.15) is 25.7 Å². The average molecular weight is 429 g/mol. The number of amides is 2. The molecule has 8 heteroatoms. The third kappa shape index (κ3) is 7.07. The van der Waals surface area contributed by atoms with Gasteiger partial charge in [-0.05, 0) is 55.3 Å². The zero-order valence-electron chi connectivity index (χ0n) is 16.0. The Hall–Kier alpha value is -2.58. The molecule has 0 saturated heterocycles. The number of carbonyl (C=O) groups excluding carboxylic acids is 2. The summed E-state index contributed by atoms with van der Waals surface area (Å²) >= 11 is 3.04. The van der Waals surface area contributed by atoms with Crippen LogP contribution in [0, 0.1) is 0 Å². The van der Waals surface area contributed by atoms with E-state index in [-0.39, 0.29) is 11.8 Å². The maximum Gasteiger partial charge on any atom is 0.230 e. The molecule has 0 aliphatic carbocycles. The van der Waals surface area contributed by atoms with Crippen molar-refractivity contribution in [3.05, 3.63) is 48.0 Å². The first kappa shape index (κ1) is 21.1. The van der Waals surface area contributed by atoms with Crippen LogP contribution in [0.2, 0.25) is 0 Å². The van der Waals surface area contributed by atoms with Crippen LogP contribution in [0.3, 0.4) is 0 Å². The van der Waals surface area contributed by atoms with Gasteiger partial charge in [0.2, 0.25) is 11.8 Å². The lowest BCUT2D eigenvalue weighted by molar-refractivity contribution is -0.118. The van der Waals surface area contributed by atoms with Crippen molar-refractivity contribution in [1.29, 1.82) is 0 Å². The third-order valence-corrected chi connectivity index (χ3v) is 6.07. The number of unbranched alkanes of at least 4 members (excludes halogenated alkanes) is 2. The van der Waals surface area contributed by atoms with Gasteiger partial charge in [-0.3, -0.25) is 9.59 Å². The minimum Gasteiger partial charge on any atom is -0.399 e. The number of carbonyl (C=O) groups is 2. The van der Waals surface area contributed by atoms with Crippen molar-refractivity contribution in [1.82, 2.24) is 10.3 Å². The van der Waals surface area contributed by atoms with Gasteiger partial charge in [0.25, 0.3) is 0 Å². The second-order valence-corrected chi connectivity index (χ2v) is 8.54. The molecule has 0 spiro atoms. The van der Waals surface area contributed by atoms with E-state index in [0.717, 1.165) is 40.1 Å². The van der Waals surface area contributed by atoms with Gasteiger partial charge >= 0.3 is 0 Å². The standard InChI is InChI=1S/C21H24N4O2S2/c22-15-5-8-17(9-6-15)28-13-21(27)23-11-3-1-2-4-20(26)25-16-7-10-18-19(12-16)29-14-24-18/h5-10,12,14H,1-4,11,13,22H2,(H,23,27)(H,25,26). The summed E-state index contributed by atoms with van der Waals surface area (Å²) in [5.74, 6) is 0.414. The van der Waals surface area contributed by atoms with E-state index < -0.39 is 0 Å². The van der Waals surface area contributed by atoms with E-state index in [9.17, 15) is 9.59 Å². The molecule has 2 amide bonds.